The molecule has 0 aliphatic carbocycles. The number of carbonyl (C=O) groups excluding carboxylic acids is 1. The van der Waals surface area contributed by atoms with Crippen molar-refractivity contribution in [2.45, 2.75) is 12.6 Å². The van der Waals surface area contributed by atoms with Crippen molar-refractivity contribution in [3.63, 3.8) is 0 Å². The Labute approximate surface area is 137 Å². The third kappa shape index (κ3) is 4.43. The molecule has 0 aromatic heterocycles. The van der Waals surface area contributed by atoms with Crippen LogP contribution < -0.4 is 10.1 Å². The topological polar surface area (TPSA) is 139 Å². The van der Waals surface area contributed by atoms with Gasteiger partial charge in [0.1, 0.15) is 12.4 Å². The Balaban J connectivity index is 1.83. The van der Waals surface area contributed by atoms with Gasteiger partial charge in [-0.25, -0.2) is 0 Å². The molecule has 0 aliphatic rings. The van der Waals surface area contributed by atoms with Crippen molar-refractivity contribution in [2.24, 2.45) is 0 Å². The Hall–Kier alpha value is -3.13. The first-order valence-electron chi connectivity index (χ1n) is 6.98. The highest BCUT2D eigenvalue weighted by atomic mass is 16.5. The highest BCUT2D eigenvalue weighted by Gasteiger charge is 2.16. The minimum absolute atomic E-state index is 0.0454. The zero-order valence-electron chi connectivity index (χ0n) is 12.5. The lowest BCUT2D eigenvalue weighted by Gasteiger charge is -2.13. The van der Waals surface area contributed by atoms with E-state index in [1.165, 1.54) is 30.3 Å². The van der Waals surface area contributed by atoms with Crippen LogP contribution in [0.25, 0.3) is 0 Å². The number of benzene rings is 2. The Morgan fingerprint density at radius 3 is 2.21 bits per heavy atom. The Kier molecular flexibility index (Phi) is 5.33. The molecule has 0 heterocycles. The average Bonchev–Trinajstić information content (AvgIpc) is 2.56. The van der Waals surface area contributed by atoms with Crippen molar-refractivity contribution < 1.29 is 35.1 Å². The molecule has 0 radical (unpaired) electrons. The molecule has 0 saturated carbocycles. The van der Waals surface area contributed by atoms with Gasteiger partial charge in [-0.15, -0.1) is 0 Å². The van der Waals surface area contributed by atoms with Crippen LogP contribution >= 0.6 is 0 Å². The lowest BCUT2D eigenvalue weighted by atomic mass is 10.2. The number of hydrogen-bond acceptors (Lipinski definition) is 7. The van der Waals surface area contributed by atoms with Crippen LogP contribution in [0.15, 0.2) is 36.4 Å². The lowest BCUT2D eigenvalue weighted by molar-refractivity contribution is -0.130. The summed E-state index contributed by atoms with van der Waals surface area (Å²) in [6, 6.07) is 7.83. The van der Waals surface area contributed by atoms with Crippen molar-refractivity contribution in [2.75, 3.05) is 6.61 Å². The molecule has 2 rings (SSSR count). The minimum Gasteiger partial charge on any atom is -0.504 e. The van der Waals surface area contributed by atoms with Crippen LogP contribution in [-0.2, 0) is 11.3 Å². The van der Waals surface area contributed by atoms with Crippen LogP contribution in [0.2, 0.25) is 0 Å². The quantitative estimate of drug-likeness (QED) is 0.424. The van der Waals surface area contributed by atoms with Crippen LogP contribution in [0.1, 0.15) is 5.56 Å². The summed E-state index contributed by atoms with van der Waals surface area (Å²) < 4.78 is 5.16. The fourth-order valence-corrected chi connectivity index (χ4v) is 1.83. The summed E-state index contributed by atoms with van der Waals surface area (Å²) in [7, 11) is 0. The number of phenols is 4. The summed E-state index contributed by atoms with van der Waals surface area (Å²) in [6.45, 7) is -0.305. The number of nitrogens with one attached hydrogen (secondary N) is 1. The maximum Gasteiger partial charge on any atom is 0.252 e. The predicted octanol–water partition coefficient (Wildman–Crippen LogP) is 0.565. The maximum atomic E-state index is 11.8. The highest BCUT2D eigenvalue weighted by molar-refractivity contribution is 5.80. The van der Waals surface area contributed by atoms with E-state index in [0.29, 0.717) is 5.56 Å². The molecule has 1 atom stereocenters. The molecule has 0 saturated heterocycles. The molecule has 8 heteroatoms. The van der Waals surface area contributed by atoms with E-state index < -0.39 is 12.0 Å². The van der Waals surface area contributed by atoms with Gasteiger partial charge in [0.15, 0.2) is 29.1 Å². The van der Waals surface area contributed by atoms with Gasteiger partial charge in [0.25, 0.3) is 5.91 Å². The smallest absolute Gasteiger partial charge is 0.252 e. The highest BCUT2D eigenvalue weighted by Crippen LogP contribution is 2.28. The third-order valence-electron chi connectivity index (χ3n) is 3.16. The van der Waals surface area contributed by atoms with Crippen LogP contribution in [0.4, 0.5) is 0 Å². The first-order chi connectivity index (χ1) is 11.4. The average molecular weight is 335 g/mol. The van der Waals surface area contributed by atoms with Crippen molar-refractivity contribution in [3.8, 4) is 28.7 Å². The van der Waals surface area contributed by atoms with E-state index in [1.807, 2.05) is 0 Å². The minimum atomic E-state index is -1.45. The van der Waals surface area contributed by atoms with E-state index in [1.54, 1.807) is 0 Å². The third-order valence-corrected chi connectivity index (χ3v) is 3.16. The van der Waals surface area contributed by atoms with Crippen LogP contribution in [-0.4, -0.2) is 44.2 Å². The summed E-state index contributed by atoms with van der Waals surface area (Å²) in [4.78, 5) is 11.8. The van der Waals surface area contributed by atoms with Gasteiger partial charge in [0.05, 0.1) is 0 Å². The number of aliphatic hydroxyl groups is 1. The Morgan fingerprint density at radius 2 is 1.58 bits per heavy atom. The number of rotatable bonds is 6. The summed E-state index contributed by atoms with van der Waals surface area (Å²) in [5, 5.41) is 49.2. The van der Waals surface area contributed by atoms with Gasteiger partial charge >= 0.3 is 0 Å². The maximum absolute atomic E-state index is 11.8. The fraction of sp³-hybridized carbons (Fsp3) is 0.188. The first-order valence-corrected chi connectivity index (χ1v) is 6.98. The standard InChI is InChI=1S/C16H17NO7/c18-11-3-1-9(5-13(11)20)7-17-16(23)15(22)8-24-10-2-4-12(19)14(21)6-10/h1-6,15,18-22H,7-8H2,(H,17,23). The Morgan fingerprint density at radius 1 is 0.958 bits per heavy atom. The van der Waals surface area contributed by atoms with Crippen LogP contribution in [0.3, 0.4) is 0 Å². The molecular weight excluding hydrogens is 318 g/mol. The molecule has 6 N–H and O–H groups in total. The molecule has 2 aromatic rings. The number of aromatic hydroxyl groups is 4. The van der Waals surface area contributed by atoms with Gasteiger partial charge < -0.3 is 35.6 Å². The van der Waals surface area contributed by atoms with Crippen molar-refractivity contribution in [1.29, 1.82) is 0 Å². The molecule has 8 nitrogen and oxygen atoms in total. The van der Waals surface area contributed by atoms with Crippen molar-refractivity contribution >= 4 is 5.91 Å². The molecule has 24 heavy (non-hydrogen) atoms. The van der Waals surface area contributed by atoms with Gasteiger partial charge in [-0.1, -0.05) is 6.07 Å². The monoisotopic (exact) mass is 335 g/mol. The van der Waals surface area contributed by atoms with Gasteiger partial charge in [0.2, 0.25) is 0 Å². The zero-order valence-corrected chi connectivity index (χ0v) is 12.5. The zero-order chi connectivity index (χ0) is 17.7. The summed E-state index contributed by atoms with van der Waals surface area (Å²) in [6.07, 6.45) is -1.45. The van der Waals surface area contributed by atoms with E-state index in [2.05, 4.69) is 5.32 Å². The molecule has 0 fully saturated rings. The lowest BCUT2D eigenvalue weighted by Crippen LogP contribution is -2.37. The molecule has 0 bridgehead atoms. The van der Waals surface area contributed by atoms with Crippen LogP contribution in [0, 0.1) is 0 Å². The summed E-state index contributed by atoms with van der Waals surface area (Å²) in [5.41, 5.74) is 0.537. The molecule has 2 aromatic carbocycles. The van der Waals surface area contributed by atoms with Crippen molar-refractivity contribution in [3.05, 3.63) is 42.0 Å². The van der Waals surface area contributed by atoms with E-state index in [0.717, 1.165) is 6.07 Å². The van der Waals surface area contributed by atoms with Gasteiger partial charge in [-0.05, 0) is 29.8 Å². The number of amides is 1. The van der Waals surface area contributed by atoms with Gasteiger partial charge in [-0.2, -0.15) is 0 Å². The summed E-state index contributed by atoms with van der Waals surface area (Å²) in [5.74, 6) is -1.77. The number of hydrogen-bond donors (Lipinski definition) is 6. The van der Waals surface area contributed by atoms with E-state index >= 15 is 0 Å². The molecule has 1 unspecified atom stereocenters. The molecular formula is C16H17NO7. The molecule has 0 aliphatic heterocycles. The number of aliphatic hydroxyl groups excluding tert-OH is 1. The normalized spacial score (nSPS) is 11.7. The predicted molar refractivity (Wildman–Crippen MR) is 82.9 cm³/mol. The van der Waals surface area contributed by atoms with E-state index in [9.17, 15) is 30.3 Å². The SMILES string of the molecule is O=C(NCc1ccc(O)c(O)c1)C(O)COc1ccc(O)c(O)c1. The second kappa shape index (κ2) is 7.42. The molecule has 0 spiro atoms. The Bertz CT molecular complexity index is 732. The fourth-order valence-electron chi connectivity index (χ4n) is 1.83. The first kappa shape index (κ1) is 17.2. The number of phenolic OH excluding ortho intramolecular Hbond substituents is 4. The van der Waals surface area contributed by atoms with Crippen LogP contribution in [0.5, 0.6) is 28.7 Å². The van der Waals surface area contributed by atoms with Gasteiger partial charge in [0, 0.05) is 12.6 Å². The molecule has 128 valence electrons. The largest absolute Gasteiger partial charge is 0.504 e. The van der Waals surface area contributed by atoms with E-state index in [-0.39, 0.29) is 41.9 Å². The second-order valence-electron chi connectivity index (χ2n) is 5.02. The second-order valence-corrected chi connectivity index (χ2v) is 5.02. The number of carbonyl (C=O) groups is 1. The molecule has 1 amide bonds. The van der Waals surface area contributed by atoms with E-state index in [4.69, 9.17) is 4.74 Å². The van der Waals surface area contributed by atoms with Gasteiger partial charge in [-0.3, -0.25) is 4.79 Å². The summed E-state index contributed by atoms with van der Waals surface area (Å²) >= 11 is 0. The van der Waals surface area contributed by atoms with Crippen molar-refractivity contribution in [1.82, 2.24) is 5.32 Å². The number of ether oxygens (including phenoxy) is 1.